The van der Waals surface area contributed by atoms with E-state index in [1.54, 1.807) is 11.0 Å². The number of benzene rings is 2. The van der Waals surface area contributed by atoms with Crippen molar-refractivity contribution in [3.8, 4) is 0 Å². The molecular formula is C23H25N3O4. The van der Waals surface area contributed by atoms with Crippen LogP contribution in [0, 0.1) is 6.92 Å². The molecule has 0 spiro atoms. The average Bonchev–Trinajstić information content (AvgIpc) is 2.98. The summed E-state index contributed by atoms with van der Waals surface area (Å²) in [5.41, 5.74) is 4.42. The molecule has 0 saturated carbocycles. The Morgan fingerprint density at radius 3 is 2.63 bits per heavy atom. The number of ether oxygens (including phenoxy) is 1. The van der Waals surface area contributed by atoms with E-state index >= 15 is 0 Å². The Balaban J connectivity index is 1.68. The van der Waals surface area contributed by atoms with Crippen molar-refractivity contribution in [1.29, 1.82) is 0 Å². The maximum Gasteiger partial charge on any atom is 0.325 e. The first-order chi connectivity index (χ1) is 14.5. The summed E-state index contributed by atoms with van der Waals surface area (Å²) in [4.78, 5) is 37.8. The van der Waals surface area contributed by atoms with Gasteiger partial charge < -0.3 is 20.3 Å². The minimum atomic E-state index is -0.519. The third-order valence-electron chi connectivity index (χ3n) is 4.97. The van der Waals surface area contributed by atoms with Crippen LogP contribution in [-0.4, -0.2) is 38.1 Å². The van der Waals surface area contributed by atoms with E-state index in [2.05, 4.69) is 21.4 Å². The van der Waals surface area contributed by atoms with Crippen LogP contribution in [0.25, 0.3) is 0 Å². The van der Waals surface area contributed by atoms with Crippen LogP contribution in [0.3, 0.4) is 0 Å². The van der Waals surface area contributed by atoms with Crippen LogP contribution in [0.5, 0.6) is 0 Å². The molecule has 3 rings (SSSR count). The highest BCUT2D eigenvalue weighted by Gasteiger charge is 2.21. The van der Waals surface area contributed by atoms with E-state index in [9.17, 15) is 14.4 Å². The number of hydrogen-bond donors (Lipinski definition) is 2. The molecule has 3 amide bonds. The van der Waals surface area contributed by atoms with Crippen molar-refractivity contribution in [3.63, 3.8) is 0 Å². The van der Waals surface area contributed by atoms with Crippen molar-refractivity contribution in [2.75, 3.05) is 25.1 Å². The molecule has 1 heterocycles. The van der Waals surface area contributed by atoms with Gasteiger partial charge in [0.25, 0.3) is 5.91 Å². The summed E-state index contributed by atoms with van der Waals surface area (Å²) < 4.78 is 4.48. The maximum atomic E-state index is 13.2. The van der Waals surface area contributed by atoms with Gasteiger partial charge in [0.05, 0.1) is 7.11 Å². The Morgan fingerprint density at radius 2 is 1.87 bits per heavy atom. The summed E-state index contributed by atoms with van der Waals surface area (Å²) in [7, 11) is 1.26. The van der Waals surface area contributed by atoms with Crippen LogP contribution in [-0.2, 0) is 22.5 Å². The van der Waals surface area contributed by atoms with E-state index in [4.69, 9.17) is 0 Å². The predicted molar refractivity (Wildman–Crippen MR) is 114 cm³/mol. The molecule has 0 atom stereocenters. The normalized spacial score (nSPS) is 12.5. The fraction of sp³-hybridized carbons (Fsp3) is 0.261. The second-order valence-corrected chi connectivity index (χ2v) is 6.97. The number of allylic oxidation sites excluding steroid dienone is 1. The van der Waals surface area contributed by atoms with Gasteiger partial charge in [0.2, 0.25) is 0 Å². The lowest BCUT2D eigenvalue weighted by Crippen LogP contribution is -2.38. The van der Waals surface area contributed by atoms with Gasteiger partial charge >= 0.3 is 12.0 Å². The number of aryl methyl sites for hydroxylation is 1. The van der Waals surface area contributed by atoms with Crippen molar-refractivity contribution >= 4 is 23.6 Å². The van der Waals surface area contributed by atoms with Gasteiger partial charge in [-0.3, -0.25) is 9.59 Å². The largest absolute Gasteiger partial charge is 0.468 e. The van der Waals surface area contributed by atoms with Gasteiger partial charge in [-0.05, 0) is 48.2 Å². The molecule has 0 fully saturated rings. The van der Waals surface area contributed by atoms with Gasteiger partial charge in [0.15, 0.2) is 0 Å². The van der Waals surface area contributed by atoms with E-state index in [0.717, 1.165) is 28.8 Å². The van der Waals surface area contributed by atoms with Crippen molar-refractivity contribution in [2.24, 2.45) is 0 Å². The number of anilines is 1. The molecule has 156 valence electrons. The fourth-order valence-electron chi connectivity index (χ4n) is 3.27. The zero-order chi connectivity index (χ0) is 21.5. The summed E-state index contributed by atoms with van der Waals surface area (Å²) in [6.07, 6.45) is 4.90. The van der Waals surface area contributed by atoms with E-state index in [1.807, 2.05) is 49.4 Å². The molecule has 0 saturated heterocycles. The minimum absolute atomic E-state index is 0.0626. The van der Waals surface area contributed by atoms with E-state index in [0.29, 0.717) is 12.1 Å². The fourth-order valence-corrected chi connectivity index (χ4v) is 3.27. The number of fused-ring (bicyclic) bond motifs is 1. The highest BCUT2D eigenvalue weighted by Crippen LogP contribution is 2.25. The first kappa shape index (κ1) is 21.1. The van der Waals surface area contributed by atoms with Gasteiger partial charge in [0.1, 0.15) is 6.54 Å². The maximum absolute atomic E-state index is 13.2. The smallest absolute Gasteiger partial charge is 0.325 e. The van der Waals surface area contributed by atoms with E-state index < -0.39 is 12.0 Å². The molecule has 2 N–H and O–H groups in total. The molecular weight excluding hydrogens is 382 g/mol. The molecule has 0 unspecified atom stereocenters. The number of carbonyl (C=O) groups is 3. The number of hydrogen-bond acceptors (Lipinski definition) is 4. The number of esters is 1. The van der Waals surface area contributed by atoms with Crippen molar-refractivity contribution in [2.45, 2.75) is 19.9 Å². The number of nitrogens with zero attached hydrogens (tertiary/aromatic N) is 1. The van der Waals surface area contributed by atoms with Crippen LogP contribution < -0.4 is 15.5 Å². The summed E-state index contributed by atoms with van der Waals surface area (Å²) in [5, 5.41) is 5.11. The summed E-state index contributed by atoms with van der Waals surface area (Å²) in [6.45, 7) is 2.51. The van der Waals surface area contributed by atoms with Crippen LogP contribution in [0.15, 0.2) is 54.6 Å². The number of amides is 3. The monoisotopic (exact) mass is 407 g/mol. The molecule has 7 nitrogen and oxygen atoms in total. The van der Waals surface area contributed by atoms with E-state index in [1.165, 1.54) is 7.11 Å². The van der Waals surface area contributed by atoms with Crippen molar-refractivity contribution < 1.29 is 19.1 Å². The van der Waals surface area contributed by atoms with Gasteiger partial charge in [-0.2, -0.15) is 0 Å². The molecule has 2 aromatic rings. The Bertz CT molecular complexity index is 984. The molecule has 0 radical (unpaired) electrons. The molecule has 0 aliphatic carbocycles. The quantitative estimate of drug-likeness (QED) is 0.589. The van der Waals surface area contributed by atoms with Gasteiger partial charge in [-0.25, -0.2) is 4.79 Å². The molecule has 0 bridgehead atoms. The lowest BCUT2D eigenvalue weighted by Gasteiger charge is -2.23. The number of nitrogens with one attached hydrogen (secondary N) is 2. The Hall–Kier alpha value is -3.61. The third-order valence-corrected chi connectivity index (χ3v) is 4.97. The van der Waals surface area contributed by atoms with Gasteiger partial charge in [-0.15, -0.1) is 0 Å². The van der Waals surface area contributed by atoms with E-state index in [-0.39, 0.29) is 19.0 Å². The lowest BCUT2D eigenvalue weighted by molar-refractivity contribution is -0.139. The summed E-state index contributed by atoms with van der Waals surface area (Å²) in [5.74, 6) is -0.582. The van der Waals surface area contributed by atoms with Crippen molar-refractivity contribution in [1.82, 2.24) is 10.6 Å². The highest BCUT2D eigenvalue weighted by atomic mass is 16.5. The zero-order valence-corrected chi connectivity index (χ0v) is 17.1. The van der Waals surface area contributed by atoms with Gasteiger partial charge in [0, 0.05) is 24.3 Å². The van der Waals surface area contributed by atoms with Crippen LogP contribution in [0.4, 0.5) is 10.5 Å². The average molecular weight is 407 g/mol. The molecule has 1 aliphatic rings. The van der Waals surface area contributed by atoms with Crippen molar-refractivity contribution in [3.05, 3.63) is 76.9 Å². The SMILES string of the molecule is COC(=O)CNC(=O)NCc1ccc(C(=O)N2CC=CCc3ccccc32)cc1C. The second kappa shape index (κ2) is 9.73. The number of para-hydroxylation sites is 1. The van der Waals surface area contributed by atoms with Crippen LogP contribution in [0.1, 0.15) is 27.0 Å². The number of carbonyl (C=O) groups excluding carboxylic acids is 3. The summed E-state index contributed by atoms with van der Waals surface area (Å²) >= 11 is 0. The number of urea groups is 1. The molecule has 2 aromatic carbocycles. The number of methoxy groups -OCH3 is 1. The predicted octanol–water partition coefficient (Wildman–Crippen LogP) is 2.73. The molecule has 0 aromatic heterocycles. The first-order valence-electron chi connectivity index (χ1n) is 9.72. The molecule has 30 heavy (non-hydrogen) atoms. The first-order valence-corrected chi connectivity index (χ1v) is 9.72. The minimum Gasteiger partial charge on any atom is -0.468 e. The Morgan fingerprint density at radius 1 is 1.07 bits per heavy atom. The Kier molecular flexibility index (Phi) is 6.85. The highest BCUT2D eigenvalue weighted by molar-refractivity contribution is 6.07. The number of rotatable bonds is 5. The topological polar surface area (TPSA) is 87.7 Å². The van der Waals surface area contributed by atoms with Crippen LogP contribution >= 0.6 is 0 Å². The third kappa shape index (κ3) is 5.05. The standard InChI is InChI=1S/C23H25N3O4/c1-16-13-18(10-11-19(16)14-24-23(29)25-15-21(27)30-2)22(28)26-12-6-5-8-17-7-3-4-9-20(17)26/h3-7,9-11,13H,8,12,14-15H2,1-2H3,(H2,24,25,29). The molecule has 7 heteroatoms. The van der Waals surface area contributed by atoms with Gasteiger partial charge in [-0.1, -0.05) is 36.4 Å². The molecule has 1 aliphatic heterocycles. The Labute approximate surface area is 175 Å². The summed E-state index contributed by atoms with van der Waals surface area (Å²) in [6, 6.07) is 12.9. The zero-order valence-electron chi connectivity index (χ0n) is 17.1. The second-order valence-electron chi connectivity index (χ2n) is 6.97. The van der Waals surface area contributed by atoms with Crippen LogP contribution in [0.2, 0.25) is 0 Å². The lowest BCUT2D eigenvalue weighted by atomic mass is 10.0.